The Hall–Kier alpha value is -1.05. The third kappa shape index (κ3) is 3.74. The van der Waals surface area contributed by atoms with Crippen molar-refractivity contribution in [3.05, 3.63) is 28.7 Å². The Labute approximate surface area is 129 Å². The molecule has 1 unspecified atom stereocenters. The number of thioether (sulfide) groups is 1. The van der Waals surface area contributed by atoms with E-state index in [-0.39, 0.29) is 18.3 Å². The van der Waals surface area contributed by atoms with Crippen LogP contribution >= 0.6 is 27.7 Å². The molecule has 7 heteroatoms. The molecule has 2 N–H and O–H groups in total. The summed E-state index contributed by atoms with van der Waals surface area (Å²) in [4.78, 5) is 24.1. The van der Waals surface area contributed by atoms with Crippen LogP contribution in [0, 0.1) is 0 Å². The maximum absolute atomic E-state index is 11.9. The molecule has 1 saturated heterocycles. The van der Waals surface area contributed by atoms with Gasteiger partial charge in [-0.2, -0.15) is 0 Å². The molecule has 1 aliphatic rings. The van der Waals surface area contributed by atoms with Crippen LogP contribution in [0.5, 0.6) is 0 Å². The summed E-state index contributed by atoms with van der Waals surface area (Å²) in [6.07, 6.45) is 0.301. The summed E-state index contributed by atoms with van der Waals surface area (Å²) in [5.41, 5.74) is -1.27. The topological polar surface area (TPSA) is 75.6 Å². The van der Waals surface area contributed by atoms with Gasteiger partial charge in [0.2, 0.25) is 5.91 Å². The minimum Gasteiger partial charge on any atom is -0.479 e. The van der Waals surface area contributed by atoms with Gasteiger partial charge < -0.3 is 15.2 Å². The highest BCUT2D eigenvalue weighted by atomic mass is 79.9. The molecule has 2 rings (SSSR count). The summed E-state index contributed by atoms with van der Waals surface area (Å²) < 4.78 is 6.03. The summed E-state index contributed by atoms with van der Waals surface area (Å²) in [6.45, 7) is 0.376. The van der Waals surface area contributed by atoms with Crippen molar-refractivity contribution < 1.29 is 19.4 Å². The first kappa shape index (κ1) is 15.3. The standard InChI is InChI=1S/C13H14BrNO4S/c14-9-2-1-3-10(6-9)20-7-11(16)15-13(12(17)18)4-5-19-8-13/h1-3,6H,4-5,7-8H2,(H,15,16)(H,17,18). The molecule has 0 bridgehead atoms. The second-order valence-electron chi connectivity index (χ2n) is 4.48. The van der Waals surface area contributed by atoms with Crippen LogP contribution in [-0.4, -0.2) is 41.5 Å². The van der Waals surface area contributed by atoms with Crippen molar-refractivity contribution in [2.24, 2.45) is 0 Å². The third-order valence-corrected chi connectivity index (χ3v) is 4.46. The largest absolute Gasteiger partial charge is 0.479 e. The molecule has 0 spiro atoms. The lowest BCUT2D eigenvalue weighted by atomic mass is 9.99. The first-order chi connectivity index (χ1) is 9.52. The second-order valence-corrected chi connectivity index (χ2v) is 6.45. The van der Waals surface area contributed by atoms with E-state index in [9.17, 15) is 14.7 Å². The molecule has 5 nitrogen and oxygen atoms in total. The van der Waals surface area contributed by atoms with Crippen molar-refractivity contribution >= 4 is 39.6 Å². The number of carbonyl (C=O) groups excluding carboxylic acids is 1. The lowest BCUT2D eigenvalue weighted by Crippen LogP contribution is -2.55. The number of hydrogen-bond acceptors (Lipinski definition) is 4. The fraction of sp³-hybridized carbons (Fsp3) is 0.385. The van der Waals surface area contributed by atoms with Crippen molar-refractivity contribution in [2.75, 3.05) is 19.0 Å². The van der Waals surface area contributed by atoms with Gasteiger partial charge in [-0.15, -0.1) is 11.8 Å². The molecule has 1 amide bonds. The SMILES string of the molecule is O=C(CSc1cccc(Br)c1)NC1(C(=O)O)CCOC1. The van der Waals surface area contributed by atoms with E-state index in [0.717, 1.165) is 9.37 Å². The molecule has 1 heterocycles. The minimum absolute atomic E-state index is 0.0234. The quantitative estimate of drug-likeness (QED) is 0.785. The molecule has 1 aromatic rings. The third-order valence-electron chi connectivity index (χ3n) is 2.98. The van der Waals surface area contributed by atoms with Crippen LogP contribution < -0.4 is 5.32 Å². The van der Waals surface area contributed by atoms with Gasteiger partial charge in [0.15, 0.2) is 5.54 Å². The van der Waals surface area contributed by atoms with Crippen LogP contribution in [0.15, 0.2) is 33.6 Å². The molecule has 0 radical (unpaired) electrons. The zero-order valence-electron chi connectivity index (χ0n) is 10.6. The van der Waals surface area contributed by atoms with E-state index in [2.05, 4.69) is 21.2 Å². The maximum atomic E-state index is 11.9. The summed E-state index contributed by atoms with van der Waals surface area (Å²) in [6, 6.07) is 7.59. The van der Waals surface area contributed by atoms with Crippen LogP contribution in [0.4, 0.5) is 0 Å². The van der Waals surface area contributed by atoms with Gasteiger partial charge in [0, 0.05) is 22.4 Å². The van der Waals surface area contributed by atoms with Crippen LogP contribution in [0.3, 0.4) is 0 Å². The number of carbonyl (C=O) groups is 2. The fourth-order valence-corrected chi connectivity index (χ4v) is 3.20. The highest BCUT2D eigenvalue weighted by Crippen LogP contribution is 2.23. The van der Waals surface area contributed by atoms with Crippen LogP contribution in [0.1, 0.15) is 6.42 Å². The molecule has 1 atom stereocenters. The van der Waals surface area contributed by atoms with Crippen LogP contribution in [0.2, 0.25) is 0 Å². The number of aliphatic carboxylic acids is 1. The summed E-state index contributed by atoms with van der Waals surface area (Å²) >= 11 is 4.72. The number of halogens is 1. The van der Waals surface area contributed by atoms with Crippen LogP contribution in [0.25, 0.3) is 0 Å². The van der Waals surface area contributed by atoms with E-state index in [0.29, 0.717) is 13.0 Å². The van der Waals surface area contributed by atoms with Gasteiger partial charge in [-0.25, -0.2) is 4.79 Å². The maximum Gasteiger partial charge on any atom is 0.331 e. The number of hydrogen-bond donors (Lipinski definition) is 2. The zero-order valence-corrected chi connectivity index (χ0v) is 13.0. The highest BCUT2D eigenvalue weighted by molar-refractivity contribution is 9.10. The molecule has 0 aliphatic carbocycles. The number of amides is 1. The van der Waals surface area contributed by atoms with Gasteiger partial charge in [-0.3, -0.25) is 4.79 Å². The number of rotatable bonds is 5. The fourth-order valence-electron chi connectivity index (χ4n) is 1.89. The lowest BCUT2D eigenvalue weighted by molar-refractivity contribution is -0.147. The molecular formula is C13H14BrNO4S. The van der Waals surface area contributed by atoms with Gasteiger partial charge in [0.05, 0.1) is 12.4 Å². The van der Waals surface area contributed by atoms with Crippen LogP contribution in [-0.2, 0) is 14.3 Å². The predicted molar refractivity (Wildman–Crippen MR) is 78.8 cm³/mol. The molecule has 1 fully saturated rings. The Balaban J connectivity index is 1.90. The van der Waals surface area contributed by atoms with Gasteiger partial charge in [-0.05, 0) is 18.2 Å². The second kappa shape index (κ2) is 6.60. The van der Waals surface area contributed by atoms with Crippen molar-refractivity contribution in [2.45, 2.75) is 16.9 Å². The molecule has 1 aromatic carbocycles. The first-order valence-electron chi connectivity index (χ1n) is 6.02. The zero-order chi connectivity index (χ0) is 14.6. The van der Waals surface area contributed by atoms with E-state index < -0.39 is 11.5 Å². The average molecular weight is 360 g/mol. The monoisotopic (exact) mass is 359 g/mol. The highest BCUT2D eigenvalue weighted by Gasteiger charge is 2.43. The number of carboxylic acid groups (broad SMARTS) is 1. The number of carboxylic acids is 1. The predicted octanol–water partition coefficient (Wildman–Crippen LogP) is 1.90. The number of nitrogens with one attached hydrogen (secondary N) is 1. The van der Waals surface area contributed by atoms with Crippen molar-refractivity contribution in [3.8, 4) is 0 Å². The molecule has 0 saturated carbocycles. The average Bonchev–Trinajstić information content (AvgIpc) is 2.86. The Morgan fingerprint density at radius 3 is 2.90 bits per heavy atom. The molecular weight excluding hydrogens is 346 g/mol. The summed E-state index contributed by atoms with van der Waals surface area (Å²) in [5.74, 6) is -1.18. The molecule has 108 valence electrons. The van der Waals surface area contributed by atoms with E-state index in [1.54, 1.807) is 0 Å². The Bertz CT molecular complexity index is 517. The van der Waals surface area contributed by atoms with Crippen molar-refractivity contribution in [3.63, 3.8) is 0 Å². The van der Waals surface area contributed by atoms with Gasteiger partial charge >= 0.3 is 5.97 Å². The Morgan fingerprint density at radius 1 is 1.50 bits per heavy atom. The van der Waals surface area contributed by atoms with Gasteiger partial charge in [0.1, 0.15) is 0 Å². The normalized spacial score (nSPS) is 21.6. The van der Waals surface area contributed by atoms with E-state index in [1.807, 2.05) is 24.3 Å². The lowest BCUT2D eigenvalue weighted by Gasteiger charge is -2.23. The molecule has 1 aliphatic heterocycles. The van der Waals surface area contributed by atoms with E-state index in [1.165, 1.54) is 11.8 Å². The van der Waals surface area contributed by atoms with E-state index >= 15 is 0 Å². The molecule has 0 aromatic heterocycles. The van der Waals surface area contributed by atoms with Crippen molar-refractivity contribution in [1.82, 2.24) is 5.32 Å². The Morgan fingerprint density at radius 2 is 2.30 bits per heavy atom. The Kier molecular flexibility index (Phi) is 5.06. The van der Waals surface area contributed by atoms with E-state index in [4.69, 9.17) is 4.74 Å². The number of benzene rings is 1. The first-order valence-corrected chi connectivity index (χ1v) is 7.80. The summed E-state index contributed by atoms with van der Waals surface area (Å²) in [7, 11) is 0. The minimum atomic E-state index is -1.27. The van der Waals surface area contributed by atoms with Crippen molar-refractivity contribution in [1.29, 1.82) is 0 Å². The van der Waals surface area contributed by atoms with Gasteiger partial charge in [-0.1, -0.05) is 22.0 Å². The molecule has 20 heavy (non-hydrogen) atoms. The smallest absolute Gasteiger partial charge is 0.331 e. The number of ether oxygens (including phenoxy) is 1. The van der Waals surface area contributed by atoms with Gasteiger partial charge in [0.25, 0.3) is 0 Å². The summed E-state index contributed by atoms with van der Waals surface area (Å²) in [5, 5.41) is 11.8.